The van der Waals surface area contributed by atoms with Crippen LogP contribution in [0, 0.1) is 0 Å². The molecular weight excluding hydrogens is 234 g/mol. The van der Waals surface area contributed by atoms with Crippen molar-refractivity contribution in [1.82, 2.24) is 0 Å². The zero-order chi connectivity index (χ0) is 11.4. The van der Waals surface area contributed by atoms with E-state index in [4.69, 9.17) is 10.8 Å². The predicted octanol–water partition coefficient (Wildman–Crippen LogP) is 1.10. The number of carbonyl (C=O) groups is 2. The summed E-state index contributed by atoms with van der Waals surface area (Å²) in [6.07, 6.45) is -0.0244. The Morgan fingerprint density at radius 3 is 2.56 bits per heavy atom. The van der Waals surface area contributed by atoms with Crippen molar-refractivity contribution in [3.05, 3.63) is 29.3 Å². The van der Waals surface area contributed by atoms with E-state index >= 15 is 0 Å². The topological polar surface area (TPSA) is 89.6 Å². The van der Waals surface area contributed by atoms with Gasteiger partial charge in [0.15, 0.2) is 0 Å². The lowest BCUT2D eigenvalue weighted by molar-refractivity contribution is -0.139. The third-order valence-corrected chi connectivity index (χ3v) is 1.99. The third kappa shape index (κ3) is 3.13. The molecule has 16 heavy (non-hydrogen) atoms. The van der Waals surface area contributed by atoms with Crippen LogP contribution in [-0.2, 0) is 16.0 Å². The van der Waals surface area contributed by atoms with Gasteiger partial charge in [-0.1, -0.05) is 12.1 Å². The Morgan fingerprint density at radius 2 is 2.06 bits per heavy atom. The fourth-order valence-corrected chi connectivity index (χ4v) is 1.18. The molecule has 0 aliphatic heterocycles. The van der Waals surface area contributed by atoms with Gasteiger partial charge in [-0.25, -0.2) is 4.79 Å². The van der Waals surface area contributed by atoms with Crippen molar-refractivity contribution in [2.75, 3.05) is 12.8 Å². The largest absolute Gasteiger partial charge is 0.478 e. The second kappa shape index (κ2) is 5.97. The Bertz CT molecular complexity index is 406. The zero-order valence-electron chi connectivity index (χ0n) is 8.60. The molecule has 1 aromatic rings. The van der Waals surface area contributed by atoms with Gasteiger partial charge in [-0.3, -0.25) is 4.79 Å². The molecule has 6 heteroatoms. The molecule has 0 heterocycles. The van der Waals surface area contributed by atoms with Gasteiger partial charge in [0.2, 0.25) is 0 Å². The maximum Gasteiger partial charge on any atom is 0.337 e. The van der Waals surface area contributed by atoms with Crippen molar-refractivity contribution in [1.29, 1.82) is 0 Å². The minimum atomic E-state index is -1.11. The van der Waals surface area contributed by atoms with E-state index < -0.39 is 11.9 Å². The van der Waals surface area contributed by atoms with Crippen LogP contribution in [-0.4, -0.2) is 24.2 Å². The van der Waals surface area contributed by atoms with Crippen molar-refractivity contribution >= 4 is 30.0 Å². The van der Waals surface area contributed by atoms with Crippen molar-refractivity contribution < 1.29 is 19.4 Å². The number of carboxylic acids is 1. The fraction of sp³-hybridized carbons (Fsp3) is 0.200. The average molecular weight is 246 g/mol. The van der Waals surface area contributed by atoms with E-state index in [1.165, 1.54) is 19.2 Å². The first-order valence-corrected chi connectivity index (χ1v) is 4.23. The summed E-state index contributed by atoms with van der Waals surface area (Å²) >= 11 is 0. The van der Waals surface area contributed by atoms with Gasteiger partial charge < -0.3 is 15.6 Å². The Labute approximate surface area is 98.6 Å². The number of anilines is 1. The van der Waals surface area contributed by atoms with E-state index in [-0.39, 0.29) is 30.1 Å². The highest BCUT2D eigenvalue weighted by molar-refractivity contribution is 5.95. The highest BCUT2D eigenvalue weighted by Gasteiger charge is 2.13. The number of carboxylic acid groups (broad SMARTS) is 1. The number of benzene rings is 1. The molecule has 0 amide bonds. The maximum absolute atomic E-state index is 11.0. The van der Waals surface area contributed by atoms with Crippen molar-refractivity contribution in [3.8, 4) is 0 Å². The molecule has 0 atom stereocenters. The van der Waals surface area contributed by atoms with Gasteiger partial charge >= 0.3 is 11.9 Å². The number of rotatable bonds is 3. The SMILES string of the molecule is COC(=O)Cc1cccc(C(=O)O)c1N.Cl. The Kier molecular flexibility index (Phi) is 5.32. The maximum atomic E-state index is 11.0. The first kappa shape index (κ1) is 14.2. The summed E-state index contributed by atoms with van der Waals surface area (Å²) < 4.78 is 4.47. The molecule has 0 aliphatic rings. The Hall–Kier alpha value is -1.75. The van der Waals surface area contributed by atoms with Crippen molar-refractivity contribution in [2.45, 2.75) is 6.42 Å². The van der Waals surface area contributed by atoms with E-state index in [1.54, 1.807) is 6.07 Å². The highest BCUT2D eigenvalue weighted by Crippen LogP contribution is 2.18. The second-order valence-corrected chi connectivity index (χ2v) is 2.94. The monoisotopic (exact) mass is 245 g/mol. The van der Waals surface area contributed by atoms with E-state index in [0.717, 1.165) is 0 Å². The van der Waals surface area contributed by atoms with Crippen LogP contribution in [0.1, 0.15) is 15.9 Å². The lowest BCUT2D eigenvalue weighted by Crippen LogP contribution is -2.10. The van der Waals surface area contributed by atoms with Crippen LogP contribution in [0.4, 0.5) is 5.69 Å². The lowest BCUT2D eigenvalue weighted by atomic mass is 10.1. The van der Waals surface area contributed by atoms with Gasteiger partial charge in [0, 0.05) is 5.69 Å². The van der Waals surface area contributed by atoms with Crippen LogP contribution in [0.25, 0.3) is 0 Å². The number of hydrogen-bond donors (Lipinski definition) is 2. The molecule has 0 aliphatic carbocycles. The summed E-state index contributed by atoms with van der Waals surface area (Å²) in [4.78, 5) is 21.7. The molecule has 0 saturated heterocycles. The molecule has 0 radical (unpaired) electrons. The zero-order valence-corrected chi connectivity index (χ0v) is 9.41. The van der Waals surface area contributed by atoms with Gasteiger partial charge in [-0.05, 0) is 11.6 Å². The number of nitrogens with two attached hydrogens (primary N) is 1. The quantitative estimate of drug-likeness (QED) is 0.615. The van der Waals surface area contributed by atoms with Crippen LogP contribution in [0.15, 0.2) is 18.2 Å². The number of ether oxygens (including phenoxy) is 1. The Morgan fingerprint density at radius 1 is 1.44 bits per heavy atom. The number of aromatic carboxylic acids is 1. The fourth-order valence-electron chi connectivity index (χ4n) is 1.18. The summed E-state index contributed by atoms with van der Waals surface area (Å²) in [5.41, 5.74) is 6.16. The van der Waals surface area contributed by atoms with Crippen LogP contribution >= 0.6 is 12.4 Å². The number of hydrogen-bond acceptors (Lipinski definition) is 4. The van der Waals surface area contributed by atoms with Gasteiger partial charge in [0.1, 0.15) is 0 Å². The molecule has 5 nitrogen and oxygen atoms in total. The number of para-hydroxylation sites is 1. The molecule has 88 valence electrons. The minimum Gasteiger partial charge on any atom is -0.478 e. The summed E-state index contributed by atoms with van der Waals surface area (Å²) in [6.45, 7) is 0. The van der Waals surface area contributed by atoms with Gasteiger partial charge in [-0.15, -0.1) is 12.4 Å². The normalized spacial score (nSPS) is 9.06. The summed E-state index contributed by atoms with van der Waals surface area (Å²) in [5, 5.41) is 8.79. The van der Waals surface area contributed by atoms with Gasteiger partial charge in [0.25, 0.3) is 0 Å². The summed E-state index contributed by atoms with van der Waals surface area (Å²) in [7, 11) is 1.26. The van der Waals surface area contributed by atoms with Crippen LogP contribution in [0.2, 0.25) is 0 Å². The number of carbonyl (C=O) groups excluding carboxylic acids is 1. The number of halogens is 1. The van der Waals surface area contributed by atoms with Gasteiger partial charge in [-0.2, -0.15) is 0 Å². The molecule has 0 bridgehead atoms. The summed E-state index contributed by atoms with van der Waals surface area (Å²) in [6, 6.07) is 4.52. The van der Waals surface area contributed by atoms with E-state index in [2.05, 4.69) is 4.74 Å². The number of esters is 1. The van der Waals surface area contributed by atoms with Crippen LogP contribution in [0.5, 0.6) is 0 Å². The van der Waals surface area contributed by atoms with E-state index in [9.17, 15) is 9.59 Å². The second-order valence-electron chi connectivity index (χ2n) is 2.94. The standard InChI is InChI=1S/C10H11NO4.ClH/c1-15-8(12)5-6-3-2-4-7(9(6)11)10(13)14;/h2-4H,5,11H2,1H3,(H,13,14);1H. The smallest absolute Gasteiger partial charge is 0.337 e. The highest BCUT2D eigenvalue weighted by atomic mass is 35.5. The molecule has 0 spiro atoms. The molecular formula is C10H12ClNO4. The van der Waals surface area contributed by atoms with Crippen molar-refractivity contribution in [3.63, 3.8) is 0 Å². The third-order valence-electron chi connectivity index (χ3n) is 1.99. The summed E-state index contributed by atoms with van der Waals surface area (Å²) in [5.74, 6) is -1.57. The predicted molar refractivity (Wildman–Crippen MR) is 60.8 cm³/mol. The Balaban J connectivity index is 0.00000225. The lowest BCUT2D eigenvalue weighted by Gasteiger charge is -2.06. The van der Waals surface area contributed by atoms with Crippen molar-refractivity contribution in [2.24, 2.45) is 0 Å². The molecule has 0 fully saturated rings. The first-order valence-electron chi connectivity index (χ1n) is 4.23. The first-order chi connectivity index (χ1) is 7.06. The minimum absolute atomic E-state index is 0. The van der Waals surface area contributed by atoms with Crippen LogP contribution < -0.4 is 5.73 Å². The molecule has 0 saturated carbocycles. The number of nitrogen functional groups attached to an aromatic ring is 1. The number of methoxy groups -OCH3 is 1. The van der Waals surface area contributed by atoms with Gasteiger partial charge in [0.05, 0.1) is 19.1 Å². The van der Waals surface area contributed by atoms with Crippen LogP contribution in [0.3, 0.4) is 0 Å². The molecule has 3 N–H and O–H groups in total. The molecule has 0 aromatic heterocycles. The molecule has 1 aromatic carbocycles. The molecule has 0 unspecified atom stereocenters. The molecule has 1 rings (SSSR count). The van der Waals surface area contributed by atoms with E-state index in [0.29, 0.717) is 5.56 Å². The average Bonchev–Trinajstić information content (AvgIpc) is 2.20. The van der Waals surface area contributed by atoms with E-state index in [1.807, 2.05) is 0 Å².